The number of carbonyl (C=O) groups excluding carboxylic acids is 2. The Morgan fingerprint density at radius 3 is 2.60 bits per heavy atom. The lowest BCUT2D eigenvalue weighted by Gasteiger charge is -2.47. The molecule has 0 bridgehead atoms. The largest absolute Gasteiger partial charge is 0.454 e. The van der Waals surface area contributed by atoms with Gasteiger partial charge in [-0.3, -0.25) is 9.59 Å². The van der Waals surface area contributed by atoms with Crippen molar-refractivity contribution in [1.29, 1.82) is 0 Å². The number of H-pyrrole nitrogens is 1. The number of hydrogen-bond acceptors (Lipinski definition) is 4. The Balaban J connectivity index is 1.29. The van der Waals surface area contributed by atoms with Crippen molar-refractivity contribution in [2.75, 3.05) is 13.3 Å². The fraction of sp³-hybridized carbons (Fsp3) is 0.214. The fourth-order valence-corrected chi connectivity index (χ4v) is 5.70. The van der Waals surface area contributed by atoms with Crippen molar-refractivity contribution in [2.24, 2.45) is 0 Å². The van der Waals surface area contributed by atoms with Crippen LogP contribution in [-0.4, -0.2) is 46.0 Å². The van der Waals surface area contributed by atoms with Gasteiger partial charge in [-0.1, -0.05) is 54.6 Å². The van der Waals surface area contributed by atoms with Gasteiger partial charge in [-0.15, -0.1) is 0 Å². The Kier molecular flexibility index (Phi) is 4.39. The maximum Gasteiger partial charge on any atom is 0.246 e. The van der Waals surface area contributed by atoms with Gasteiger partial charge in [0.25, 0.3) is 0 Å². The third kappa shape index (κ3) is 3.11. The molecule has 1 N–H and O–H groups in total. The number of ether oxygens (including phenoxy) is 2. The molecule has 3 aliphatic heterocycles. The highest BCUT2D eigenvalue weighted by atomic mass is 16.7. The van der Waals surface area contributed by atoms with Crippen molar-refractivity contribution < 1.29 is 19.1 Å². The van der Waals surface area contributed by atoms with Gasteiger partial charge >= 0.3 is 0 Å². The van der Waals surface area contributed by atoms with Gasteiger partial charge < -0.3 is 24.3 Å². The quantitative estimate of drug-likeness (QED) is 0.500. The highest BCUT2D eigenvalue weighted by Crippen LogP contribution is 2.42. The molecule has 35 heavy (non-hydrogen) atoms. The molecule has 1 saturated heterocycles. The average molecular weight is 466 g/mol. The summed E-state index contributed by atoms with van der Waals surface area (Å²) in [7, 11) is 0. The van der Waals surface area contributed by atoms with Crippen LogP contribution in [0.4, 0.5) is 0 Å². The molecule has 3 aliphatic rings. The third-order valence-electron chi connectivity index (χ3n) is 7.27. The van der Waals surface area contributed by atoms with E-state index in [1.54, 1.807) is 9.80 Å². The van der Waals surface area contributed by atoms with E-state index >= 15 is 0 Å². The van der Waals surface area contributed by atoms with Gasteiger partial charge in [0.15, 0.2) is 11.5 Å². The summed E-state index contributed by atoms with van der Waals surface area (Å²) in [5, 5.41) is 1.11. The molecule has 7 heteroatoms. The fourth-order valence-electron chi connectivity index (χ4n) is 5.70. The molecule has 2 amide bonds. The van der Waals surface area contributed by atoms with E-state index in [1.165, 1.54) is 0 Å². The summed E-state index contributed by atoms with van der Waals surface area (Å²) in [6, 6.07) is 22.9. The number of aromatic amines is 1. The van der Waals surface area contributed by atoms with Gasteiger partial charge in [-0.05, 0) is 34.9 Å². The molecule has 7 nitrogen and oxygen atoms in total. The molecule has 0 saturated carbocycles. The third-order valence-corrected chi connectivity index (χ3v) is 7.27. The molecule has 1 fully saturated rings. The lowest BCUT2D eigenvalue weighted by molar-refractivity contribution is -0.159. The minimum absolute atomic E-state index is 0.0286. The normalized spacial score (nSPS) is 20.8. The van der Waals surface area contributed by atoms with Crippen LogP contribution in [-0.2, 0) is 22.6 Å². The predicted octanol–water partition coefficient (Wildman–Crippen LogP) is 3.78. The van der Waals surface area contributed by atoms with Gasteiger partial charge in [0.1, 0.15) is 12.6 Å². The number of carbonyl (C=O) groups is 2. The molecule has 1 aromatic heterocycles. The van der Waals surface area contributed by atoms with E-state index in [2.05, 4.69) is 11.1 Å². The Morgan fingerprint density at radius 2 is 1.71 bits per heavy atom. The first kappa shape index (κ1) is 20.1. The van der Waals surface area contributed by atoms with Crippen LogP contribution in [0.3, 0.4) is 0 Å². The number of rotatable bonds is 3. The summed E-state index contributed by atoms with van der Waals surface area (Å²) in [4.78, 5) is 34.5. The van der Waals surface area contributed by atoms with Gasteiger partial charge in [0, 0.05) is 29.6 Å². The lowest BCUT2D eigenvalue weighted by atomic mass is 9.86. The van der Waals surface area contributed by atoms with Crippen molar-refractivity contribution in [3.05, 3.63) is 95.2 Å². The van der Waals surface area contributed by atoms with Crippen molar-refractivity contribution in [1.82, 2.24) is 14.8 Å². The Hall–Kier alpha value is -4.26. The minimum atomic E-state index is -0.554. The number of aromatic nitrogens is 1. The summed E-state index contributed by atoms with van der Waals surface area (Å²) >= 11 is 0. The van der Waals surface area contributed by atoms with Crippen molar-refractivity contribution in [2.45, 2.75) is 25.0 Å². The molecule has 4 heterocycles. The van der Waals surface area contributed by atoms with E-state index < -0.39 is 6.04 Å². The smallest absolute Gasteiger partial charge is 0.246 e. The zero-order valence-corrected chi connectivity index (χ0v) is 18.9. The first-order valence-electron chi connectivity index (χ1n) is 11.8. The SMILES string of the molecule is O=C1[C@@H]2Cc3c([nH]c4ccccc34)[C@H](c3ccccc3)N2C(=O)CN1Cc1ccc2c(c1)OCO2. The summed E-state index contributed by atoms with van der Waals surface area (Å²) < 4.78 is 10.9. The molecule has 174 valence electrons. The topological polar surface area (TPSA) is 74.9 Å². The number of benzene rings is 3. The number of piperazine rings is 1. The van der Waals surface area contributed by atoms with E-state index in [4.69, 9.17) is 9.47 Å². The summed E-state index contributed by atoms with van der Waals surface area (Å²) in [6.07, 6.45) is 0.491. The van der Waals surface area contributed by atoms with Crippen LogP contribution in [0.2, 0.25) is 0 Å². The van der Waals surface area contributed by atoms with E-state index in [9.17, 15) is 9.59 Å². The summed E-state index contributed by atoms with van der Waals surface area (Å²) in [5.74, 6) is 1.30. The number of para-hydroxylation sites is 1. The molecule has 0 aliphatic carbocycles. The maximum atomic E-state index is 13.9. The number of nitrogens with zero attached hydrogens (tertiary/aromatic N) is 2. The Morgan fingerprint density at radius 1 is 0.914 bits per heavy atom. The van der Waals surface area contributed by atoms with Crippen LogP contribution in [0.1, 0.15) is 28.4 Å². The molecule has 0 radical (unpaired) electrons. The Labute approximate surface area is 201 Å². The van der Waals surface area contributed by atoms with Crippen LogP contribution in [0.15, 0.2) is 72.8 Å². The Bertz CT molecular complexity index is 1480. The monoisotopic (exact) mass is 465 g/mol. The highest BCUT2D eigenvalue weighted by molar-refractivity contribution is 5.97. The molecular formula is C28H23N3O4. The van der Waals surface area contributed by atoms with E-state index in [0.29, 0.717) is 24.5 Å². The minimum Gasteiger partial charge on any atom is -0.454 e. The highest BCUT2D eigenvalue weighted by Gasteiger charge is 2.48. The number of hydrogen-bond donors (Lipinski definition) is 1. The number of fused-ring (bicyclic) bond motifs is 5. The van der Waals surface area contributed by atoms with Gasteiger partial charge in [-0.25, -0.2) is 0 Å². The van der Waals surface area contributed by atoms with Crippen LogP contribution >= 0.6 is 0 Å². The summed E-state index contributed by atoms with van der Waals surface area (Å²) in [6.45, 7) is 0.593. The molecule has 0 unspecified atom stereocenters. The zero-order valence-electron chi connectivity index (χ0n) is 18.9. The summed E-state index contributed by atoms with van der Waals surface area (Å²) in [5.41, 5.74) is 5.04. The molecule has 0 spiro atoms. The van der Waals surface area contributed by atoms with Crippen LogP contribution in [0.5, 0.6) is 11.5 Å². The van der Waals surface area contributed by atoms with E-state index in [-0.39, 0.29) is 31.2 Å². The standard InChI is InChI=1S/C28H23N3O4/c32-25-15-30(14-17-10-11-23-24(12-17)35-16-34-23)28(33)22-13-20-19-8-4-5-9-21(19)29-26(20)27(31(22)25)18-6-2-1-3-7-18/h1-12,22,27,29H,13-16H2/t22-,27-/m0/s1. The second kappa shape index (κ2) is 7.63. The molecular weight excluding hydrogens is 442 g/mol. The zero-order chi connectivity index (χ0) is 23.5. The maximum absolute atomic E-state index is 13.9. The van der Waals surface area contributed by atoms with Gasteiger partial charge in [-0.2, -0.15) is 0 Å². The van der Waals surface area contributed by atoms with Gasteiger partial charge in [0.05, 0.1) is 6.04 Å². The lowest BCUT2D eigenvalue weighted by Crippen LogP contribution is -2.62. The van der Waals surface area contributed by atoms with Gasteiger partial charge in [0.2, 0.25) is 18.6 Å². The van der Waals surface area contributed by atoms with Crippen LogP contribution < -0.4 is 9.47 Å². The first-order chi connectivity index (χ1) is 17.2. The molecule has 4 aromatic rings. The van der Waals surface area contributed by atoms with E-state index in [0.717, 1.165) is 33.3 Å². The molecule has 3 aromatic carbocycles. The van der Waals surface area contributed by atoms with Crippen molar-refractivity contribution >= 4 is 22.7 Å². The molecule has 7 rings (SSSR count). The van der Waals surface area contributed by atoms with Crippen molar-refractivity contribution in [3.63, 3.8) is 0 Å². The second-order valence-electron chi connectivity index (χ2n) is 9.28. The predicted molar refractivity (Wildman–Crippen MR) is 129 cm³/mol. The van der Waals surface area contributed by atoms with E-state index in [1.807, 2.05) is 66.7 Å². The van der Waals surface area contributed by atoms with Crippen LogP contribution in [0.25, 0.3) is 10.9 Å². The van der Waals surface area contributed by atoms with Crippen LogP contribution in [0, 0.1) is 0 Å². The number of nitrogens with one attached hydrogen (secondary N) is 1. The second-order valence-corrected chi connectivity index (χ2v) is 9.28. The average Bonchev–Trinajstić information content (AvgIpc) is 3.50. The number of amides is 2. The first-order valence-corrected chi connectivity index (χ1v) is 11.8. The van der Waals surface area contributed by atoms with Crippen molar-refractivity contribution in [3.8, 4) is 11.5 Å². The molecule has 2 atom stereocenters.